The number of anilines is 1. The van der Waals surface area contributed by atoms with Crippen LogP contribution in [-0.4, -0.2) is 58.2 Å². The number of carbonyl (C=O) groups is 2. The highest BCUT2D eigenvalue weighted by Crippen LogP contribution is 2.18. The summed E-state index contributed by atoms with van der Waals surface area (Å²) < 4.78 is 24.5. The Morgan fingerprint density at radius 2 is 2.11 bits per heavy atom. The Kier molecular flexibility index (Phi) is 5.54. The van der Waals surface area contributed by atoms with Crippen LogP contribution in [0.5, 0.6) is 0 Å². The van der Waals surface area contributed by atoms with Crippen LogP contribution in [0.4, 0.5) is 5.69 Å². The van der Waals surface area contributed by atoms with Gasteiger partial charge in [0.1, 0.15) is 9.84 Å². The van der Waals surface area contributed by atoms with Gasteiger partial charge in [-0.05, 0) is 18.6 Å². The Morgan fingerprint density at radius 1 is 1.30 bits per heavy atom. The number of carbonyl (C=O) groups excluding carboxylic acids is 2. The molecule has 0 aliphatic carbocycles. The number of nitrogens with zero attached hydrogens (tertiary/aromatic N) is 4. The van der Waals surface area contributed by atoms with Crippen LogP contribution in [0.3, 0.4) is 0 Å². The number of aryl methyl sites for hydroxylation is 1. The Morgan fingerprint density at radius 3 is 2.81 bits per heavy atom. The molecular weight excluding hydrogens is 370 g/mol. The minimum atomic E-state index is -3.21. The fourth-order valence-corrected chi connectivity index (χ4v) is 3.46. The molecule has 0 spiro atoms. The molecule has 0 unspecified atom stereocenters. The van der Waals surface area contributed by atoms with Crippen molar-refractivity contribution in [2.24, 2.45) is 0 Å². The Bertz CT molecular complexity index is 939. The zero-order valence-electron chi connectivity index (χ0n) is 15.0. The number of amides is 2. The zero-order chi connectivity index (χ0) is 19.4. The largest absolute Gasteiger partial charge is 0.337 e. The molecule has 0 atom stereocenters. The lowest BCUT2D eigenvalue weighted by molar-refractivity contribution is -0.131. The van der Waals surface area contributed by atoms with Gasteiger partial charge in [0.2, 0.25) is 5.91 Å². The Hall–Kier alpha value is -2.75. The first-order chi connectivity index (χ1) is 12.8. The first kappa shape index (κ1) is 19.0. The molecule has 144 valence electrons. The minimum Gasteiger partial charge on any atom is -0.337 e. The zero-order valence-corrected chi connectivity index (χ0v) is 15.8. The van der Waals surface area contributed by atoms with Gasteiger partial charge in [-0.2, -0.15) is 0 Å². The Balaban J connectivity index is 1.75. The SMILES string of the molecule is CS(=O)(=O)CCC(=O)N1CCCn2cnc(C(=O)Nc3cccnc3)c2C1. The van der Waals surface area contributed by atoms with E-state index in [0.29, 0.717) is 30.9 Å². The molecule has 27 heavy (non-hydrogen) atoms. The summed E-state index contributed by atoms with van der Waals surface area (Å²) in [6.07, 6.45) is 6.49. The van der Waals surface area contributed by atoms with Gasteiger partial charge in [0.05, 0.1) is 36.2 Å². The molecule has 0 radical (unpaired) electrons. The first-order valence-electron chi connectivity index (χ1n) is 8.54. The molecule has 1 aliphatic heterocycles. The molecule has 10 heteroatoms. The second-order valence-corrected chi connectivity index (χ2v) is 8.74. The summed E-state index contributed by atoms with van der Waals surface area (Å²) in [5, 5.41) is 2.74. The highest BCUT2D eigenvalue weighted by atomic mass is 32.2. The molecule has 3 rings (SSSR count). The van der Waals surface area contributed by atoms with Gasteiger partial charge < -0.3 is 14.8 Å². The van der Waals surface area contributed by atoms with Crippen molar-refractivity contribution < 1.29 is 18.0 Å². The normalized spacial score (nSPS) is 14.3. The van der Waals surface area contributed by atoms with Crippen molar-refractivity contribution in [2.75, 3.05) is 23.9 Å². The fraction of sp³-hybridized carbons (Fsp3) is 0.412. The first-order valence-corrected chi connectivity index (χ1v) is 10.6. The highest BCUT2D eigenvalue weighted by molar-refractivity contribution is 7.90. The standard InChI is InChI=1S/C17H21N5O4S/c1-27(25,26)9-5-15(23)21-7-3-8-22-12-19-16(14(22)11-21)17(24)20-13-4-2-6-18-10-13/h2,4,6,10,12H,3,5,7-9,11H2,1H3,(H,20,24). The maximum atomic E-state index is 12.6. The van der Waals surface area contributed by atoms with Crippen LogP contribution in [0.15, 0.2) is 30.9 Å². The lowest BCUT2D eigenvalue weighted by Crippen LogP contribution is -2.32. The second kappa shape index (κ2) is 7.87. The average Bonchev–Trinajstić information content (AvgIpc) is 2.90. The van der Waals surface area contributed by atoms with Crippen molar-refractivity contribution >= 4 is 27.3 Å². The van der Waals surface area contributed by atoms with E-state index in [-0.39, 0.29) is 36.2 Å². The summed E-state index contributed by atoms with van der Waals surface area (Å²) in [5.74, 6) is -0.800. The van der Waals surface area contributed by atoms with Gasteiger partial charge in [0.25, 0.3) is 5.91 Å². The van der Waals surface area contributed by atoms with Crippen molar-refractivity contribution in [1.82, 2.24) is 19.4 Å². The van der Waals surface area contributed by atoms with Gasteiger partial charge in [-0.3, -0.25) is 14.6 Å². The van der Waals surface area contributed by atoms with Crippen LogP contribution in [-0.2, 0) is 27.7 Å². The van der Waals surface area contributed by atoms with Crippen LogP contribution in [0.1, 0.15) is 29.0 Å². The van der Waals surface area contributed by atoms with Gasteiger partial charge in [0.15, 0.2) is 5.69 Å². The summed E-state index contributed by atoms with van der Waals surface area (Å²) >= 11 is 0. The average molecular weight is 391 g/mol. The molecular formula is C17H21N5O4S. The summed E-state index contributed by atoms with van der Waals surface area (Å²) in [6, 6.07) is 3.44. The predicted molar refractivity (Wildman–Crippen MR) is 98.8 cm³/mol. The quantitative estimate of drug-likeness (QED) is 0.802. The van der Waals surface area contributed by atoms with E-state index in [4.69, 9.17) is 0 Å². The monoisotopic (exact) mass is 391 g/mol. The van der Waals surface area contributed by atoms with Crippen molar-refractivity contribution in [3.05, 3.63) is 42.2 Å². The van der Waals surface area contributed by atoms with Crippen LogP contribution in [0.2, 0.25) is 0 Å². The molecule has 9 nitrogen and oxygen atoms in total. The molecule has 2 aromatic rings. The van der Waals surface area contributed by atoms with Crippen molar-refractivity contribution in [3.63, 3.8) is 0 Å². The lowest BCUT2D eigenvalue weighted by atomic mass is 10.2. The number of nitrogens with one attached hydrogen (secondary N) is 1. The number of fused-ring (bicyclic) bond motifs is 1. The van der Waals surface area contributed by atoms with E-state index in [2.05, 4.69) is 15.3 Å². The van der Waals surface area contributed by atoms with Gasteiger partial charge in [-0.15, -0.1) is 0 Å². The third-order valence-electron chi connectivity index (χ3n) is 4.29. The maximum Gasteiger partial charge on any atom is 0.276 e. The molecule has 0 bridgehead atoms. The van der Waals surface area contributed by atoms with Crippen molar-refractivity contribution in [3.8, 4) is 0 Å². The van der Waals surface area contributed by atoms with E-state index in [9.17, 15) is 18.0 Å². The smallest absolute Gasteiger partial charge is 0.276 e. The molecule has 0 fully saturated rings. The van der Waals surface area contributed by atoms with Crippen molar-refractivity contribution in [2.45, 2.75) is 25.9 Å². The number of imidazole rings is 1. The molecule has 2 amide bonds. The minimum absolute atomic E-state index is 0.0653. The van der Waals surface area contributed by atoms with Gasteiger partial charge >= 0.3 is 0 Å². The molecule has 0 saturated carbocycles. The van der Waals surface area contributed by atoms with Crippen LogP contribution >= 0.6 is 0 Å². The summed E-state index contributed by atoms with van der Waals surface area (Å²) in [5.41, 5.74) is 1.45. The van der Waals surface area contributed by atoms with Gasteiger partial charge in [-0.1, -0.05) is 0 Å². The van der Waals surface area contributed by atoms with E-state index >= 15 is 0 Å². The predicted octanol–water partition coefficient (Wildman–Crippen LogP) is 0.697. The van der Waals surface area contributed by atoms with E-state index in [1.807, 2.05) is 4.57 Å². The third-order valence-corrected chi connectivity index (χ3v) is 5.23. The molecule has 2 aromatic heterocycles. The molecule has 0 saturated heterocycles. The van der Waals surface area contributed by atoms with E-state index in [1.54, 1.807) is 29.6 Å². The molecule has 0 aromatic carbocycles. The summed E-state index contributed by atoms with van der Waals surface area (Å²) in [4.78, 5) is 34.8. The van der Waals surface area contributed by atoms with Crippen molar-refractivity contribution in [1.29, 1.82) is 0 Å². The van der Waals surface area contributed by atoms with Crippen LogP contribution < -0.4 is 5.32 Å². The highest BCUT2D eigenvalue weighted by Gasteiger charge is 2.25. The van der Waals surface area contributed by atoms with Crippen LogP contribution in [0.25, 0.3) is 0 Å². The maximum absolute atomic E-state index is 12.6. The van der Waals surface area contributed by atoms with E-state index in [0.717, 1.165) is 6.26 Å². The molecule has 3 heterocycles. The summed E-state index contributed by atoms with van der Waals surface area (Å²) in [6.45, 7) is 1.37. The number of pyridine rings is 1. The van der Waals surface area contributed by atoms with E-state index < -0.39 is 9.84 Å². The topological polar surface area (TPSA) is 114 Å². The second-order valence-electron chi connectivity index (χ2n) is 6.48. The van der Waals surface area contributed by atoms with Gasteiger partial charge in [-0.25, -0.2) is 13.4 Å². The van der Waals surface area contributed by atoms with E-state index in [1.165, 1.54) is 6.20 Å². The third kappa shape index (κ3) is 4.91. The number of hydrogen-bond donors (Lipinski definition) is 1. The fourth-order valence-electron chi connectivity index (χ4n) is 2.92. The number of hydrogen-bond acceptors (Lipinski definition) is 6. The number of aromatic nitrogens is 3. The molecule has 1 N–H and O–H groups in total. The molecule has 1 aliphatic rings. The Labute approximate surface area is 157 Å². The van der Waals surface area contributed by atoms with Gasteiger partial charge in [0, 0.05) is 32.0 Å². The number of sulfone groups is 1. The summed E-state index contributed by atoms with van der Waals surface area (Å²) in [7, 11) is -3.21. The number of rotatable bonds is 5. The lowest BCUT2D eigenvalue weighted by Gasteiger charge is -2.20. The van der Waals surface area contributed by atoms with Crippen LogP contribution in [0, 0.1) is 0 Å².